The zero-order valence-electron chi connectivity index (χ0n) is 11.6. The molecule has 0 aliphatic carbocycles. The van der Waals surface area contributed by atoms with Crippen LogP contribution in [0, 0.1) is 0 Å². The average Bonchev–Trinajstić information content (AvgIpc) is 2.52. The maximum atomic E-state index is 12.1. The SMILES string of the molecule is O=C(NNC(=O)c1cccc(OC(F)F)c1)c1ccc(Cl)cc1. The van der Waals surface area contributed by atoms with Gasteiger partial charge >= 0.3 is 6.61 Å². The number of carbonyl (C=O) groups is 2. The first-order valence-corrected chi connectivity index (χ1v) is 6.74. The van der Waals surface area contributed by atoms with Gasteiger partial charge in [0.2, 0.25) is 0 Å². The molecule has 5 nitrogen and oxygen atoms in total. The Labute approximate surface area is 135 Å². The van der Waals surface area contributed by atoms with E-state index < -0.39 is 18.4 Å². The summed E-state index contributed by atoms with van der Waals surface area (Å²) in [5.74, 6) is -1.38. The molecular weight excluding hydrogens is 330 g/mol. The van der Waals surface area contributed by atoms with Crippen LogP contribution in [0.15, 0.2) is 48.5 Å². The van der Waals surface area contributed by atoms with Crippen LogP contribution in [0.1, 0.15) is 20.7 Å². The second-order valence-corrected chi connectivity index (χ2v) is 4.76. The molecule has 2 N–H and O–H groups in total. The number of amides is 2. The molecule has 0 radical (unpaired) electrons. The molecule has 0 saturated carbocycles. The summed E-state index contributed by atoms with van der Waals surface area (Å²) in [4.78, 5) is 23.7. The Kier molecular flexibility index (Phi) is 5.48. The third kappa shape index (κ3) is 4.93. The van der Waals surface area contributed by atoms with E-state index in [-0.39, 0.29) is 11.3 Å². The number of hydrazine groups is 1. The van der Waals surface area contributed by atoms with E-state index >= 15 is 0 Å². The number of ether oxygens (including phenoxy) is 1. The van der Waals surface area contributed by atoms with Gasteiger partial charge in [0, 0.05) is 16.1 Å². The molecular formula is C15H11ClF2N2O3. The number of alkyl halides is 2. The summed E-state index contributed by atoms with van der Waals surface area (Å²) in [6.07, 6.45) is 0. The fourth-order valence-corrected chi connectivity index (χ4v) is 1.80. The lowest BCUT2D eigenvalue weighted by Gasteiger charge is -2.09. The molecule has 2 amide bonds. The standard InChI is InChI=1S/C15H11ClF2N2O3/c16-11-6-4-9(5-7-11)13(21)19-20-14(22)10-2-1-3-12(8-10)23-15(17)18/h1-8,15H,(H,19,21)(H,20,22). The number of hydrogen-bond acceptors (Lipinski definition) is 3. The van der Waals surface area contributed by atoms with Crippen molar-refractivity contribution in [3.8, 4) is 5.75 Å². The van der Waals surface area contributed by atoms with Crippen molar-refractivity contribution in [2.45, 2.75) is 6.61 Å². The third-order valence-electron chi connectivity index (χ3n) is 2.72. The van der Waals surface area contributed by atoms with Gasteiger partial charge in [-0.15, -0.1) is 0 Å². The molecule has 2 aromatic rings. The molecule has 0 fully saturated rings. The minimum atomic E-state index is -2.99. The first kappa shape index (κ1) is 16.7. The molecule has 0 heterocycles. The van der Waals surface area contributed by atoms with Gasteiger partial charge in [0.1, 0.15) is 5.75 Å². The van der Waals surface area contributed by atoms with Crippen molar-refractivity contribution in [2.24, 2.45) is 0 Å². The number of rotatable bonds is 4. The summed E-state index contributed by atoms with van der Waals surface area (Å²) >= 11 is 5.71. The summed E-state index contributed by atoms with van der Waals surface area (Å²) in [5.41, 5.74) is 4.74. The Morgan fingerprint density at radius 3 is 2.17 bits per heavy atom. The van der Waals surface area contributed by atoms with E-state index in [0.717, 1.165) is 6.07 Å². The van der Waals surface area contributed by atoms with Crippen LogP contribution in [-0.2, 0) is 0 Å². The molecule has 0 spiro atoms. The van der Waals surface area contributed by atoms with Crippen LogP contribution in [0.25, 0.3) is 0 Å². The van der Waals surface area contributed by atoms with Crippen molar-refractivity contribution < 1.29 is 23.1 Å². The van der Waals surface area contributed by atoms with Crippen LogP contribution in [0.5, 0.6) is 5.75 Å². The minimum Gasteiger partial charge on any atom is -0.435 e. The molecule has 0 saturated heterocycles. The molecule has 120 valence electrons. The highest BCUT2D eigenvalue weighted by Gasteiger charge is 2.11. The number of nitrogens with one attached hydrogen (secondary N) is 2. The lowest BCUT2D eigenvalue weighted by atomic mass is 10.2. The van der Waals surface area contributed by atoms with Gasteiger partial charge in [-0.05, 0) is 42.5 Å². The van der Waals surface area contributed by atoms with Gasteiger partial charge in [0.05, 0.1) is 0 Å². The van der Waals surface area contributed by atoms with Crippen LogP contribution < -0.4 is 15.6 Å². The Hall–Kier alpha value is -2.67. The molecule has 0 aliphatic rings. The highest BCUT2D eigenvalue weighted by atomic mass is 35.5. The second kappa shape index (κ2) is 7.55. The Bertz CT molecular complexity index is 708. The predicted molar refractivity (Wildman–Crippen MR) is 79.5 cm³/mol. The molecule has 2 aromatic carbocycles. The topological polar surface area (TPSA) is 67.4 Å². The molecule has 2 rings (SSSR count). The molecule has 0 atom stereocenters. The van der Waals surface area contributed by atoms with Crippen molar-refractivity contribution in [3.63, 3.8) is 0 Å². The fourth-order valence-electron chi connectivity index (χ4n) is 1.67. The van der Waals surface area contributed by atoms with Crippen LogP contribution in [0.2, 0.25) is 5.02 Å². The largest absolute Gasteiger partial charge is 0.435 e. The summed E-state index contributed by atoms with van der Waals surface area (Å²) < 4.78 is 28.5. The van der Waals surface area contributed by atoms with E-state index in [2.05, 4.69) is 15.6 Å². The summed E-state index contributed by atoms with van der Waals surface area (Å²) in [5, 5.41) is 0.474. The molecule has 23 heavy (non-hydrogen) atoms. The van der Waals surface area contributed by atoms with Gasteiger partial charge in [0.25, 0.3) is 11.8 Å². The van der Waals surface area contributed by atoms with Gasteiger partial charge in [-0.1, -0.05) is 17.7 Å². The minimum absolute atomic E-state index is 0.0551. The van der Waals surface area contributed by atoms with Gasteiger partial charge in [-0.3, -0.25) is 20.4 Å². The van der Waals surface area contributed by atoms with Crippen LogP contribution in [0.3, 0.4) is 0 Å². The van der Waals surface area contributed by atoms with Crippen molar-refractivity contribution in [1.29, 1.82) is 0 Å². The summed E-state index contributed by atoms with van der Waals surface area (Å²) in [6, 6.07) is 11.2. The van der Waals surface area contributed by atoms with Gasteiger partial charge in [-0.25, -0.2) is 0 Å². The highest BCUT2D eigenvalue weighted by Crippen LogP contribution is 2.15. The van der Waals surface area contributed by atoms with E-state index in [4.69, 9.17) is 11.6 Å². The number of hydrogen-bond donors (Lipinski definition) is 2. The first-order chi connectivity index (χ1) is 11.0. The maximum Gasteiger partial charge on any atom is 0.387 e. The van der Waals surface area contributed by atoms with Crippen molar-refractivity contribution in [3.05, 3.63) is 64.7 Å². The summed E-state index contributed by atoms with van der Waals surface area (Å²) in [6.45, 7) is -2.99. The smallest absolute Gasteiger partial charge is 0.387 e. The molecule has 8 heteroatoms. The molecule has 0 aromatic heterocycles. The van der Waals surface area contributed by atoms with Crippen molar-refractivity contribution in [1.82, 2.24) is 10.9 Å². The monoisotopic (exact) mass is 340 g/mol. The third-order valence-corrected chi connectivity index (χ3v) is 2.97. The van der Waals surface area contributed by atoms with E-state index in [0.29, 0.717) is 10.6 Å². The van der Waals surface area contributed by atoms with Gasteiger partial charge in [-0.2, -0.15) is 8.78 Å². The highest BCUT2D eigenvalue weighted by molar-refractivity contribution is 6.30. The maximum absolute atomic E-state index is 12.1. The Balaban J connectivity index is 1.96. The first-order valence-electron chi connectivity index (χ1n) is 6.37. The quantitative estimate of drug-likeness (QED) is 0.841. The molecule has 0 aliphatic heterocycles. The fraction of sp³-hybridized carbons (Fsp3) is 0.0667. The van der Waals surface area contributed by atoms with Crippen LogP contribution in [-0.4, -0.2) is 18.4 Å². The second-order valence-electron chi connectivity index (χ2n) is 4.32. The lowest BCUT2D eigenvalue weighted by Crippen LogP contribution is -2.41. The van der Waals surface area contributed by atoms with Crippen molar-refractivity contribution in [2.75, 3.05) is 0 Å². The van der Waals surface area contributed by atoms with Crippen molar-refractivity contribution >= 4 is 23.4 Å². The van der Waals surface area contributed by atoms with Gasteiger partial charge in [0.15, 0.2) is 0 Å². The average molecular weight is 341 g/mol. The van der Waals surface area contributed by atoms with E-state index in [1.165, 1.54) is 42.5 Å². The van der Waals surface area contributed by atoms with Crippen LogP contribution in [0.4, 0.5) is 8.78 Å². The zero-order chi connectivity index (χ0) is 16.8. The van der Waals surface area contributed by atoms with E-state index in [1.807, 2.05) is 0 Å². The lowest BCUT2D eigenvalue weighted by molar-refractivity contribution is -0.0498. The Morgan fingerprint density at radius 1 is 0.957 bits per heavy atom. The normalized spacial score (nSPS) is 10.3. The van der Waals surface area contributed by atoms with E-state index in [9.17, 15) is 18.4 Å². The number of benzene rings is 2. The van der Waals surface area contributed by atoms with E-state index in [1.54, 1.807) is 0 Å². The zero-order valence-corrected chi connectivity index (χ0v) is 12.3. The molecule has 0 unspecified atom stereocenters. The number of carbonyl (C=O) groups excluding carboxylic acids is 2. The molecule has 0 bridgehead atoms. The van der Waals surface area contributed by atoms with Gasteiger partial charge < -0.3 is 4.74 Å². The van der Waals surface area contributed by atoms with Crippen LogP contribution >= 0.6 is 11.6 Å². The number of halogens is 3. The predicted octanol–water partition coefficient (Wildman–Crippen LogP) is 3.02. The summed E-state index contributed by atoms with van der Waals surface area (Å²) in [7, 11) is 0. The Morgan fingerprint density at radius 2 is 1.57 bits per heavy atom.